The molecule has 0 aliphatic carbocycles. The Labute approximate surface area is 161 Å². The summed E-state index contributed by atoms with van der Waals surface area (Å²) in [5.41, 5.74) is 5.42. The molecule has 1 aromatic carbocycles. The van der Waals surface area contributed by atoms with Crippen LogP contribution in [0.15, 0.2) is 30.6 Å². The highest BCUT2D eigenvalue weighted by atomic mass is 16.5. The fraction of sp³-hybridized carbons (Fsp3) is 0.524. The zero-order valence-electron chi connectivity index (χ0n) is 16.3. The maximum atomic E-state index is 5.61. The number of aromatic nitrogens is 2. The molecule has 0 bridgehead atoms. The van der Waals surface area contributed by atoms with E-state index in [9.17, 15) is 0 Å². The first-order chi connectivity index (χ1) is 13.2. The van der Waals surface area contributed by atoms with Gasteiger partial charge in [-0.2, -0.15) is 0 Å². The second-order valence-corrected chi connectivity index (χ2v) is 7.88. The minimum absolute atomic E-state index is 0.298. The molecule has 6 heteroatoms. The number of fused-ring (bicyclic) bond motifs is 1. The lowest BCUT2D eigenvalue weighted by Gasteiger charge is -2.17. The quantitative estimate of drug-likeness (QED) is 0.812. The molecule has 4 rings (SSSR count). The topological polar surface area (TPSA) is 53.5 Å². The third-order valence-corrected chi connectivity index (χ3v) is 5.27. The van der Waals surface area contributed by atoms with E-state index in [1.165, 1.54) is 16.7 Å². The Morgan fingerprint density at radius 1 is 1.15 bits per heavy atom. The van der Waals surface area contributed by atoms with E-state index >= 15 is 0 Å². The Kier molecular flexibility index (Phi) is 5.66. The van der Waals surface area contributed by atoms with Crippen molar-refractivity contribution in [3.05, 3.63) is 52.8 Å². The molecular weight excluding hydrogens is 338 g/mol. The number of anilines is 1. The molecule has 2 aromatic rings. The maximum absolute atomic E-state index is 5.61. The van der Waals surface area contributed by atoms with E-state index in [2.05, 4.69) is 57.4 Å². The minimum Gasteiger partial charge on any atom is -0.376 e. The largest absolute Gasteiger partial charge is 0.376 e. The molecule has 2 aliphatic rings. The van der Waals surface area contributed by atoms with Crippen LogP contribution in [-0.2, 0) is 30.9 Å². The van der Waals surface area contributed by atoms with E-state index in [4.69, 9.17) is 4.74 Å². The van der Waals surface area contributed by atoms with Crippen molar-refractivity contribution in [1.29, 1.82) is 0 Å². The van der Waals surface area contributed by atoms with Gasteiger partial charge < -0.3 is 10.1 Å². The summed E-state index contributed by atoms with van der Waals surface area (Å²) in [6.07, 6.45) is 6.40. The van der Waals surface area contributed by atoms with Crippen LogP contribution in [0.25, 0.3) is 0 Å². The molecule has 3 heterocycles. The van der Waals surface area contributed by atoms with Crippen LogP contribution >= 0.6 is 0 Å². The third-order valence-electron chi connectivity index (χ3n) is 5.27. The fourth-order valence-corrected chi connectivity index (χ4v) is 3.93. The van der Waals surface area contributed by atoms with E-state index in [1.54, 1.807) is 0 Å². The van der Waals surface area contributed by atoms with Crippen molar-refractivity contribution in [2.45, 2.75) is 45.1 Å². The van der Waals surface area contributed by atoms with Gasteiger partial charge in [0.25, 0.3) is 0 Å². The van der Waals surface area contributed by atoms with Crippen LogP contribution in [0, 0.1) is 0 Å². The van der Waals surface area contributed by atoms with Gasteiger partial charge in [-0.15, -0.1) is 0 Å². The third kappa shape index (κ3) is 4.83. The monoisotopic (exact) mass is 367 g/mol. The molecule has 2 aliphatic heterocycles. The van der Waals surface area contributed by atoms with Crippen molar-refractivity contribution in [1.82, 2.24) is 19.8 Å². The number of benzene rings is 1. The second kappa shape index (κ2) is 8.33. The van der Waals surface area contributed by atoms with Gasteiger partial charge in [0.15, 0.2) is 0 Å². The van der Waals surface area contributed by atoms with E-state index in [1.807, 2.05) is 12.4 Å². The molecule has 0 saturated carbocycles. The van der Waals surface area contributed by atoms with Gasteiger partial charge in [-0.1, -0.05) is 18.2 Å². The van der Waals surface area contributed by atoms with E-state index in [0.29, 0.717) is 12.1 Å². The van der Waals surface area contributed by atoms with E-state index in [-0.39, 0.29) is 0 Å². The van der Waals surface area contributed by atoms with Crippen molar-refractivity contribution < 1.29 is 4.74 Å². The van der Waals surface area contributed by atoms with Crippen molar-refractivity contribution in [2.75, 3.05) is 32.6 Å². The maximum Gasteiger partial charge on any atom is 0.222 e. The standard InChI is InChI=1S/C21H29N5O/c1-25(12-16-5-6-18-14-26(2)15-19(18)8-16)13-17-9-22-21(23-10-17)24-11-20-4-3-7-27-20/h5-6,8-10,20H,3-4,7,11-15H2,1-2H3,(H,22,23,24). The van der Waals surface area contributed by atoms with Crippen LogP contribution < -0.4 is 5.32 Å². The highest BCUT2D eigenvalue weighted by Gasteiger charge is 2.16. The molecule has 144 valence electrons. The van der Waals surface area contributed by atoms with Crippen LogP contribution in [0.1, 0.15) is 35.1 Å². The van der Waals surface area contributed by atoms with Crippen LogP contribution in [0.5, 0.6) is 0 Å². The molecule has 0 radical (unpaired) electrons. The zero-order valence-corrected chi connectivity index (χ0v) is 16.3. The molecule has 0 spiro atoms. The lowest BCUT2D eigenvalue weighted by atomic mass is 10.1. The average Bonchev–Trinajstić information content (AvgIpc) is 3.29. The van der Waals surface area contributed by atoms with Crippen LogP contribution in [0.2, 0.25) is 0 Å². The summed E-state index contributed by atoms with van der Waals surface area (Å²) in [5, 5.41) is 3.27. The van der Waals surface area contributed by atoms with Gasteiger partial charge in [0.1, 0.15) is 0 Å². The Hall–Kier alpha value is -2.02. The highest BCUT2D eigenvalue weighted by Crippen LogP contribution is 2.23. The summed E-state index contributed by atoms with van der Waals surface area (Å²) in [6, 6.07) is 6.88. The summed E-state index contributed by atoms with van der Waals surface area (Å²) >= 11 is 0. The summed E-state index contributed by atoms with van der Waals surface area (Å²) < 4.78 is 5.61. The molecule has 1 aromatic heterocycles. The molecule has 1 unspecified atom stereocenters. The lowest BCUT2D eigenvalue weighted by molar-refractivity contribution is 0.120. The SMILES string of the molecule is CN(Cc1cnc(NCC2CCCO2)nc1)Cc1ccc2c(c1)CN(C)C2. The van der Waals surface area contributed by atoms with Gasteiger partial charge in [-0.25, -0.2) is 9.97 Å². The van der Waals surface area contributed by atoms with Crippen LogP contribution in [0.3, 0.4) is 0 Å². The predicted octanol–water partition coefficient (Wildman–Crippen LogP) is 2.64. The first-order valence-corrected chi connectivity index (χ1v) is 9.80. The number of hydrogen-bond acceptors (Lipinski definition) is 6. The summed E-state index contributed by atoms with van der Waals surface area (Å²) in [5.74, 6) is 0.680. The average molecular weight is 367 g/mol. The van der Waals surface area contributed by atoms with Crippen LogP contribution in [-0.4, -0.2) is 53.1 Å². The molecule has 27 heavy (non-hydrogen) atoms. The van der Waals surface area contributed by atoms with Crippen molar-refractivity contribution in [3.8, 4) is 0 Å². The molecule has 1 saturated heterocycles. The first kappa shape index (κ1) is 18.3. The fourth-order valence-electron chi connectivity index (χ4n) is 3.93. The molecule has 6 nitrogen and oxygen atoms in total. The van der Waals surface area contributed by atoms with Gasteiger partial charge in [-0.3, -0.25) is 9.80 Å². The molecule has 1 fully saturated rings. The zero-order chi connectivity index (χ0) is 18.6. The minimum atomic E-state index is 0.298. The summed E-state index contributed by atoms with van der Waals surface area (Å²) in [6.45, 7) is 5.54. The van der Waals surface area contributed by atoms with Gasteiger partial charge in [-0.05, 0) is 43.6 Å². The molecule has 1 N–H and O–H groups in total. The number of hydrogen-bond donors (Lipinski definition) is 1. The van der Waals surface area contributed by atoms with Gasteiger partial charge in [0.05, 0.1) is 6.10 Å². The predicted molar refractivity (Wildman–Crippen MR) is 106 cm³/mol. The Balaban J connectivity index is 1.28. The molecule has 0 amide bonds. The normalized spacial score (nSPS) is 19.6. The van der Waals surface area contributed by atoms with Crippen molar-refractivity contribution in [3.63, 3.8) is 0 Å². The number of nitrogens with zero attached hydrogens (tertiary/aromatic N) is 4. The summed E-state index contributed by atoms with van der Waals surface area (Å²) in [7, 11) is 4.31. The Bertz CT molecular complexity index is 758. The highest BCUT2D eigenvalue weighted by molar-refractivity contribution is 5.34. The van der Waals surface area contributed by atoms with Gasteiger partial charge in [0, 0.05) is 57.3 Å². The summed E-state index contributed by atoms with van der Waals surface area (Å²) in [4.78, 5) is 13.5. The Morgan fingerprint density at radius 3 is 2.70 bits per heavy atom. The molecule has 1 atom stereocenters. The van der Waals surface area contributed by atoms with Gasteiger partial charge >= 0.3 is 0 Å². The van der Waals surface area contributed by atoms with Gasteiger partial charge in [0.2, 0.25) is 5.95 Å². The smallest absolute Gasteiger partial charge is 0.222 e. The van der Waals surface area contributed by atoms with E-state index < -0.39 is 0 Å². The molecular formula is C21H29N5O. The van der Waals surface area contributed by atoms with Crippen molar-refractivity contribution in [2.24, 2.45) is 0 Å². The number of nitrogens with one attached hydrogen (secondary N) is 1. The second-order valence-electron chi connectivity index (χ2n) is 7.88. The first-order valence-electron chi connectivity index (χ1n) is 9.80. The Morgan fingerprint density at radius 2 is 1.93 bits per heavy atom. The van der Waals surface area contributed by atoms with E-state index in [0.717, 1.165) is 57.7 Å². The number of rotatable bonds is 7. The van der Waals surface area contributed by atoms with Crippen LogP contribution in [0.4, 0.5) is 5.95 Å². The lowest BCUT2D eigenvalue weighted by Crippen LogP contribution is -2.20. The van der Waals surface area contributed by atoms with Crippen molar-refractivity contribution >= 4 is 5.95 Å². The number of ether oxygens (including phenoxy) is 1.